The first kappa shape index (κ1) is 15.3. The molecule has 3 aromatic rings. The second-order valence-electron chi connectivity index (χ2n) is 6.03. The van der Waals surface area contributed by atoms with E-state index in [1.807, 2.05) is 6.07 Å². The van der Waals surface area contributed by atoms with Gasteiger partial charge in [-0.25, -0.2) is 0 Å². The Balaban J connectivity index is 2.25. The van der Waals surface area contributed by atoms with E-state index in [1.54, 1.807) is 0 Å². The molecule has 0 aliphatic rings. The van der Waals surface area contributed by atoms with Gasteiger partial charge >= 0.3 is 5.97 Å². The summed E-state index contributed by atoms with van der Waals surface area (Å²) < 4.78 is 0. The standard InChI is InChI=1S/C20H21NO2/c1-4-14-6-8-15(9-7-14)20-17(11-18(22)23)16-10-5-12(2)13(3)19(16)21-20/h5-10,21H,4,11H2,1-3H3,(H,22,23). The van der Waals surface area contributed by atoms with Crippen molar-refractivity contribution < 1.29 is 9.90 Å². The molecule has 0 unspecified atom stereocenters. The van der Waals surface area contributed by atoms with Gasteiger partial charge in [0.15, 0.2) is 0 Å². The molecule has 3 rings (SSSR count). The zero-order valence-electron chi connectivity index (χ0n) is 13.7. The molecule has 0 radical (unpaired) electrons. The molecule has 23 heavy (non-hydrogen) atoms. The average molecular weight is 307 g/mol. The summed E-state index contributed by atoms with van der Waals surface area (Å²) in [6, 6.07) is 12.4. The van der Waals surface area contributed by atoms with Crippen molar-refractivity contribution in [3.8, 4) is 11.3 Å². The van der Waals surface area contributed by atoms with E-state index in [4.69, 9.17) is 0 Å². The molecule has 0 fully saturated rings. The molecule has 1 heterocycles. The highest BCUT2D eigenvalue weighted by atomic mass is 16.4. The number of hydrogen-bond donors (Lipinski definition) is 2. The Morgan fingerprint density at radius 2 is 1.78 bits per heavy atom. The van der Waals surface area contributed by atoms with Gasteiger partial charge < -0.3 is 10.1 Å². The summed E-state index contributed by atoms with van der Waals surface area (Å²) in [5.74, 6) is -0.810. The minimum atomic E-state index is -0.810. The van der Waals surface area contributed by atoms with Gasteiger partial charge in [0.25, 0.3) is 0 Å². The number of benzene rings is 2. The molecule has 3 nitrogen and oxygen atoms in total. The second-order valence-corrected chi connectivity index (χ2v) is 6.03. The van der Waals surface area contributed by atoms with Crippen molar-refractivity contribution in [2.24, 2.45) is 0 Å². The number of hydrogen-bond acceptors (Lipinski definition) is 1. The number of H-pyrrole nitrogens is 1. The highest BCUT2D eigenvalue weighted by Gasteiger charge is 2.17. The van der Waals surface area contributed by atoms with Gasteiger partial charge in [0.05, 0.1) is 12.1 Å². The van der Waals surface area contributed by atoms with Crippen LogP contribution in [0.5, 0.6) is 0 Å². The molecule has 3 heteroatoms. The van der Waals surface area contributed by atoms with Crippen LogP contribution in [0.1, 0.15) is 29.2 Å². The fourth-order valence-electron chi connectivity index (χ4n) is 3.05. The number of aliphatic carboxylic acids is 1. The summed E-state index contributed by atoms with van der Waals surface area (Å²) in [6.07, 6.45) is 1.01. The predicted molar refractivity (Wildman–Crippen MR) is 93.9 cm³/mol. The summed E-state index contributed by atoms with van der Waals surface area (Å²) in [6.45, 7) is 6.27. The van der Waals surface area contributed by atoms with E-state index in [0.717, 1.165) is 34.1 Å². The highest BCUT2D eigenvalue weighted by Crippen LogP contribution is 2.33. The fraction of sp³-hybridized carbons (Fsp3) is 0.250. The van der Waals surface area contributed by atoms with Gasteiger partial charge in [0.1, 0.15) is 0 Å². The lowest BCUT2D eigenvalue weighted by Gasteiger charge is -2.04. The Hall–Kier alpha value is -2.55. The van der Waals surface area contributed by atoms with Crippen LogP contribution in [0.3, 0.4) is 0 Å². The number of carbonyl (C=O) groups is 1. The van der Waals surface area contributed by atoms with Crippen molar-refractivity contribution in [3.05, 3.63) is 58.7 Å². The van der Waals surface area contributed by atoms with E-state index >= 15 is 0 Å². The third-order valence-corrected chi connectivity index (χ3v) is 4.59. The summed E-state index contributed by atoms with van der Waals surface area (Å²) >= 11 is 0. The first-order chi connectivity index (χ1) is 11.0. The summed E-state index contributed by atoms with van der Waals surface area (Å²) in [5.41, 5.74) is 7.50. The van der Waals surface area contributed by atoms with Crippen LogP contribution in [0.25, 0.3) is 22.2 Å². The summed E-state index contributed by atoms with van der Waals surface area (Å²) in [5, 5.41) is 10.3. The van der Waals surface area contributed by atoms with Crippen LogP contribution in [0, 0.1) is 13.8 Å². The zero-order chi connectivity index (χ0) is 16.6. The van der Waals surface area contributed by atoms with E-state index in [9.17, 15) is 9.90 Å². The maximum absolute atomic E-state index is 11.3. The number of aromatic nitrogens is 1. The number of aromatic amines is 1. The smallest absolute Gasteiger partial charge is 0.307 e. The molecule has 0 aliphatic carbocycles. The van der Waals surface area contributed by atoms with Crippen molar-refractivity contribution in [1.29, 1.82) is 0 Å². The third kappa shape index (κ3) is 2.74. The van der Waals surface area contributed by atoms with Crippen LogP contribution in [0.15, 0.2) is 36.4 Å². The van der Waals surface area contributed by atoms with E-state index < -0.39 is 5.97 Å². The molecule has 118 valence electrons. The molecule has 0 bridgehead atoms. The molecule has 1 aromatic heterocycles. The molecule has 0 saturated carbocycles. The average Bonchev–Trinajstić information content (AvgIpc) is 2.90. The lowest BCUT2D eigenvalue weighted by Crippen LogP contribution is -2.01. The molecule has 2 aromatic carbocycles. The fourth-order valence-corrected chi connectivity index (χ4v) is 3.05. The van der Waals surface area contributed by atoms with Gasteiger partial charge in [-0.2, -0.15) is 0 Å². The quantitative estimate of drug-likeness (QED) is 0.737. The topological polar surface area (TPSA) is 53.1 Å². The van der Waals surface area contributed by atoms with E-state index in [1.165, 1.54) is 16.7 Å². The third-order valence-electron chi connectivity index (χ3n) is 4.59. The SMILES string of the molecule is CCc1ccc(-c2[nH]c3c(C)c(C)ccc3c2CC(=O)O)cc1. The van der Waals surface area contributed by atoms with Gasteiger partial charge in [-0.3, -0.25) is 4.79 Å². The summed E-state index contributed by atoms with van der Waals surface area (Å²) in [7, 11) is 0. The number of carboxylic acid groups (broad SMARTS) is 1. The van der Waals surface area contributed by atoms with Crippen LogP contribution in [-0.4, -0.2) is 16.1 Å². The number of aryl methyl sites for hydroxylation is 3. The van der Waals surface area contributed by atoms with Crippen molar-refractivity contribution in [2.45, 2.75) is 33.6 Å². The Bertz CT molecular complexity index is 873. The van der Waals surface area contributed by atoms with E-state index in [0.29, 0.717) is 0 Å². The lowest BCUT2D eigenvalue weighted by atomic mass is 9.99. The number of fused-ring (bicyclic) bond motifs is 1. The van der Waals surface area contributed by atoms with Crippen molar-refractivity contribution in [2.75, 3.05) is 0 Å². The maximum atomic E-state index is 11.3. The lowest BCUT2D eigenvalue weighted by molar-refractivity contribution is -0.136. The van der Waals surface area contributed by atoms with Crippen LogP contribution >= 0.6 is 0 Å². The monoisotopic (exact) mass is 307 g/mol. The number of rotatable bonds is 4. The van der Waals surface area contributed by atoms with Crippen LogP contribution in [-0.2, 0) is 17.6 Å². The van der Waals surface area contributed by atoms with Gasteiger partial charge in [-0.15, -0.1) is 0 Å². The maximum Gasteiger partial charge on any atom is 0.307 e. The summed E-state index contributed by atoms with van der Waals surface area (Å²) in [4.78, 5) is 14.8. The first-order valence-corrected chi connectivity index (χ1v) is 7.93. The number of carboxylic acids is 1. The van der Waals surface area contributed by atoms with Crippen LogP contribution in [0.4, 0.5) is 0 Å². The van der Waals surface area contributed by atoms with Gasteiger partial charge in [-0.05, 0) is 48.1 Å². The second kappa shape index (κ2) is 5.92. The Labute approximate surface area is 136 Å². The minimum absolute atomic E-state index is 0.0212. The van der Waals surface area contributed by atoms with E-state index in [2.05, 4.69) is 56.1 Å². The van der Waals surface area contributed by atoms with Gasteiger partial charge in [-0.1, -0.05) is 43.3 Å². The zero-order valence-corrected chi connectivity index (χ0v) is 13.7. The van der Waals surface area contributed by atoms with Crippen LogP contribution in [0.2, 0.25) is 0 Å². The Morgan fingerprint density at radius 3 is 2.39 bits per heavy atom. The largest absolute Gasteiger partial charge is 0.481 e. The molecule has 0 saturated heterocycles. The Morgan fingerprint density at radius 1 is 1.09 bits per heavy atom. The molecular weight excluding hydrogens is 286 g/mol. The van der Waals surface area contributed by atoms with Gasteiger partial charge in [0, 0.05) is 10.9 Å². The van der Waals surface area contributed by atoms with Crippen molar-refractivity contribution >= 4 is 16.9 Å². The first-order valence-electron chi connectivity index (χ1n) is 7.93. The molecule has 0 spiro atoms. The molecular formula is C20H21NO2. The van der Waals surface area contributed by atoms with Crippen LogP contribution < -0.4 is 0 Å². The van der Waals surface area contributed by atoms with Crippen molar-refractivity contribution in [3.63, 3.8) is 0 Å². The molecule has 0 atom stereocenters. The normalized spacial score (nSPS) is 11.1. The molecule has 0 aliphatic heterocycles. The molecule has 0 amide bonds. The number of nitrogens with one attached hydrogen (secondary N) is 1. The predicted octanol–water partition coefficient (Wildman–Crippen LogP) is 4.64. The van der Waals surface area contributed by atoms with E-state index in [-0.39, 0.29) is 6.42 Å². The Kier molecular flexibility index (Phi) is 3.95. The van der Waals surface area contributed by atoms with Gasteiger partial charge in [0.2, 0.25) is 0 Å². The molecule has 2 N–H and O–H groups in total. The van der Waals surface area contributed by atoms with Crippen molar-refractivity contribution in [1.82, 2.24) is 4.98 Å². The highest BCUT2D eigenvalue weighted by molar-refractivity contribution is 5.95. The minimum Gasteiger partial charge on any atom is -0.481 e.